The molecule has 2 N–H and O–H groups in total. The Balaban J connectivity index is 2.78. The molecule has 1 amide bonds. The molecular formula is C16H26N2O2. The number of ether oxygens (including phenoxy) is 1. The Bertz CT molecular complexity index is 415. The molecule has 1 unspecified atom stereocenters. The second-order valence-corrected chi connectivity index (χ2v) is 5.56. The first kappa shape index (κ1) is 16.7. The minimum absolute atomic E-state index is 0.0420. The molecule has 0 bridgehead atoms. The number of hydrogen-bond acceptors (Lipinski definition) is 3. The quantitative estimate of drug-likeness (QED) is 0.831. The van der Waals surface area contributed by atoms with Gasteiger partial charge in [0.15, 0.2) is 0 Å². The van der Waals surface area contributed by atoms with E-state index < -0.39 is 6.04 Å². The lowest BCUT2D eigenvalue weighted by molar-refractivity contribution is -0.134. The van der Waals surface area contributed by atoms with Crippen LogP contribution in [0.3, 0.4) is 0 Å². The van der Waals surface area contributed by atoms with E-state index in [-0.39, 0.29) is 5.91 Å². The Hall–Kier alpha value is -1.39. The summed E-state index contributed by atoms with van der Waals surface area (Å²) in [5, 5.41) is 0. The van der Waals surface area contributed by atoms with Gasteiger partial charge in [0.2, 0.25) is 5.91 Å². The van der Waals surface area contributed by atoms with Crippen molar-refractivity contribution < 1.29 is 9.53 Å². The maximum Gasteiger partial charge on any atom is 0.244 e. The first-order valence-electron chi connectivity index (χ1n) is 7.05. The van der Waals surface area contributed by atoms with E-state index >= 15 is 0 Å². The first-order chi connectivity index (χ1) is 9.45. The fraction of sp³-hybridized carbons (Fsp3) is 0.562. The summed E-state index contributed by atoms with van der Waals surface area (Å²) in [5.41, 5.74) is 8.12. The zero-order valence-electron chi connectivity index (χ0n) is 12.9. The Kier molecular flexibility index (Phi) is 6.68. The van der Waals surface area contributed by atoms with Crippen LogP contribution in [-0.2, 0) is 9.53 Å². The first-order valence-corrected chi connectivity index (χ1v) is 7.05. The zero-order chi connectivity index (χ0) is 15.1. The number of benzene rings is 1. The summed E-state index contributed by atoms with van der Waals surface area (Å²) in [6.07, 6.45) is 0. The van der Waals surface area contributed by atoms with E-state index in [2.05, 4.69) is 13.8 Å². The topological polar surface area (TPSA) is 55.6 Å². The maximum absolute atomic E-state index is 12.5. The monoisotopic (exact) mass is 278 g/mol. The number of methoxy groups -OCH3 is 1. The molecule has 0 aliphatic carbocycles. The largest absolute Gasteiger partial charge is 0.383 e. The molecule has 1 rings (SSSR count). The molecule has 0 spiro atoms. The van der Waals surface area contributed by atoms with Crippen molar-refractivity contribution in [3.05, 3.63) is 35.4 Å². The fourth-order valence-electron chi connectivity index (χ4n) is 2.05. The van der Waals surface area contributed by atoms with Gasteiger partial charge in [-0.25, -0.2) is 0 Å². The van der Waals surface area contributed by atoms with E-state index in [9.17, 15) is 4.79 Å². The van der Waals surface area contributed by atoms with E-state index in [1.165, 1.54) is 0 Å². The summed E-state index contributed by atoms with van der Waals surface area (Å²) in [5.74, 6) is 0.362. The summed E-state index contributed by atoms with van der Waals surface area (Å²) in [4.78, 5) is 14.3. The Morgan fingerprint density at radius 3 is 2.40 bits per heavy atom. The van der Waals surface area contributed by atoms with Crippen molar-refractivity contribution >= 4 is 5.91 Å². The molecule has 0 aliphatic heterocycles. The van der Waals surface area contributed by atoms with Crippen molar-refractivity contribution in [2.24, 2.45) is 11.7 Å². The normalized spacial score (nSPS) is 12.5. The third kappa shape index (κ3) is 4.94. The van der Waals surface area contributed by atoms with Crippen LogP contribution >= 0.6 is 0 Å². The van der Waals surface area contributed by atoms with Crippen LogP contribution in [0.4, 0.5) is 0 Å². The minimum atomic E-state index is -0.605. The summed E-state index contributed by atoms with van der Waals surface area (Å²) in [7, 11) is 1.64. The summed E-state index contributed by atoms with van der Waals surface area (Å²) >= 11 is 0. The molecule has 0 aromatic heterocycles. The van der Waals surface area contributed by atoms with Crippen molar-refractivity contribution in [2.45, 2.75) is 26.8 Å². The summed E-state index contributed by atoms with van der Waals surface area (Å²) < 4.78 is 5.07. The molecule has 1 atom stereocenters. The summed E-state index contributed by atoms with van der Waals surface area (Å²) in [6.45, 7) is 7.99. The van der Waals surface area contributed by atoms with Crippen LogP contribution in [0.25, 0.3) is 0 Å². The van der Waals surface area contributed by atoms with Gasteiger partial charge < -0.3 is 15.4 Å². The highest BCUT2D eigenvalue weighted by molar-refractivity contribution is 5.83. The maximum atomic E-state index is 12.5. The van der Waals surface area contributed by atoms with Gasteiger partial charge in [-0.15, -0.1) is 0 Å². The van der Waals surface area contributed by atoms with Gasteiger partial charge in [0.05, 0.1) is 6.61 Å². The number of nitrogens with zero attached hydrogens (tertiary/aromatic N) is 1. The van der Waals surface area contributed by atoms with Crippen molar-refractivity contribution in [3.8, 4) is 0 Å². The predicted octanol–water partition coefficient (Wildman–Crippen LogP) is 2.13. The molecule has 0 saturated carbocycles. The average Bonchev–Trinajstić information content (AvgIpc) is 2.42. The Morgan fingerprint density at radius 2 is 1.90 bits per heavy atom. The van der Waals surface area contributed by atoms with Gasteiger partial charge in [-0.1, -0.05) is 43.7 Å². The van der Waals surface area contributed by atoms with E-state index in [0.717, 1.165) is 11.1 Å². The van der Waals surface area contributed by atoms with E-state index in [0.29, 0.717) is 25.6 Å². The minimum Gasteiger partial charge on any atom is -0.383 e. The van der Waals surface area contributed by atoms with Crippen LogP contribution in [0.15, 0.2) is 24.3 Å². The van der Waals surface area contributed by atoms with Gasteiger partial charge in [-0.05, 0) is 18.4 Å². The average molecular weight is 278 g/mol. The number of aryl methyl sites for hydroxylation is 1. The van der Waals surface area contributed by atoms with Crippen molar-refractivity contribution in [2.75, 3.05) is 26.8 Å². The lowest BCUT2D eigenvalue weighted by Gasteiger charge is -2.27. The van der Waals surface area contributed by atoms with E-state index in [1.54, 1.807) is 12.0 Å². The van der Waals surface area contributed by atoms with Crippen molar-refractivity contribution in [1.29, 1.82) is 0 Å². The number of carbonyl (C=O) groups is 1. The van der Waals surface area contributed by atoms with Crippen LogP contribution < -0.4 is 5.73 Å². The molecule has 4 nitrogen and oxygen atoms in total. The Labute approximate surface area is 121 Å². The number of nitrogens with two attached hydrogens (primary N) is 1. The van der Waals surface area contributed by atoms with Gasteiger partial charge in [0.1, 0.15) is 6.04 Å². The number of hydrogen-bond donors (Lipinski definition) is 1. The lowest BCUT2D eigenvalue weighted by Crippen LogP contribution is -2.42. The molecule has 0 aliphatic rings. The van der Waals surface area contributed by atoms with Gasteiger partial charge >= 0.3 is 0 Å². The van der Waals surface area contributed by atoms with Crippen LogP contribution in [-0.4, -0.2) is 37.6 Å². The van der Waals surface area contributed by atoms with Crippen LogP contribution in [0, 0.1) is 12.8 Å². The number of rotatable bonds is 7. The molecule has 1 aromatic carbocycles. The van der Waals surface area contributed by atoms with Crippen molar-refractivity contribution in [3.63, 3.8) is 0 Å². The molecule has 0 heterocycles. The molecule has 0 radical (unpaired) electrons. The third-order valence-electron chi connectivity index (χ3n) is 3.17. The lowest BCUT2D eigenvalue weighted by atomic mass is 10.0. The van der Waals surface area contributed by atoms with Crippen LogP contribution in [0.5, 0.6) is 0 Å². The van der Waals surface area contributed by atoms with Gasteiger partial charge in [-0.3, -0.25) is 4.79 Å². The molecular weight excluding hydrogens is 252 g/mol. The van der Waals surface area contributed by atoms with Gasteiger partial charge in [0, 0.05) is 20.2 Å². The van der Waals surface area contributed by atoms with Crippen molar-refractivity contribution in [1.82, 2.24) is 4.90 Å². The molecule has 0 saturated heterocycles. The molecule has 1 aromatic rings. The second kappa shape index (κ2) is 8.02. The standard InChI is InChI=1S/C16H26N2O2/c1-12(2)11-18(9-10-20-4)16(19)15(17)14-7-5-13(3)6-8-14/h5-8,12,15H,9-11,17H2,1-4H3. The predicted molar refractivity (Wildman–Crippen MR) is 81.4 cm³/mol. The van der Waals surface area contributed by atoms with Gasteiger partial charge in [0.25, 0.3) is 0 Å². The van der Waals surface area contributed by atoms with Crippen LogP contribution in [0.1, 0.15) is 31.0 Å². The molecule has 20 heavy (non-hydrogen) atoms. The zero-order valence-corrected chi connectivity index (χ0v) is 12.9. The molecule has 4 heteroatoms. The number of carbonyl (C=O) groups excluding carboxylic acids is 1. The molecule has 0 fully saturated rings. The second-order valence-electron chi connectivity index (χ2n) is 5.56. The highest BCUT2D eigenvalue weighted by Gasteiger charge is 2.22. The fourth-order valence-corrected chi connectivity index (χ4v) is 2.05. The van der Waals surface area contributed by atoms with Gasteiger partial charge in [-0.2, -0.15) is 0 Å². The van der Waals surface area contributed by atoms with E-state index in [4.69, 9.17) is 10.5 Å². The number of amides is 1. The van der Waals surface area contributed by atoms with E-state index in [1.807, 2.05) is 31.2 Å². The Morgan fingerprint density at radius 1 is 1.30 bits per heavy atom. The smallest absolute Gasteiger partial charge is 0.244 e. The highest BCUT2D eigenvalue weighted by Crippen LogP contribution is 2.15. The highest BCUT2D eigenvalue weighted by atomic mass is 16.5. The SMILES string of the molecule is COCCN(CC(C)C)C(=O)C(N)c1ccc(C)cc1. The third-order valence-corrected chi connectivity index (χ3v) is 3.17. The van der Waals surface area contributed by atoms with Crippen LogP contribution in [0.2, 0.25) is 0 Å². The molecule has 112 valence electrons. The summed E-state index contributed by atoms with van der Waals surface area (Å²) in [6, 6.07) is 7.18.